The molecule has 0 radical (unpaired) electrons. The highest BCUT2D eigenvalue weighted by Crippen LogP contribution is 2.37. The summed E-state index contributed by atoms with van der Waals surface area (Å²) in [5, 5.41) is 14.3. The fourth-order valence-electron chi connectivity index (χ4n) is 7.31. The van der Waals surface area contributed by atoms with E-state index in [2.05, 4.69) is 87.5 Å². The van der Waals surface area contributed by atoms with E-state index in [0.717, 1.165) is 16.7 Å². The average molecular weight is 743 g/mol. The van der Waals surface area contributed by atoms with Gasteiger partial charge < -0.3 is 28.5 Å². The molecule has 0 spiro atoms. The molecule has 0 amide bonds. The number of hydrogen-bond donors (Lipinski definition) is 1. The molecule has 5 atom stereocenters. The summed E-state index contributed by atoms with van der Waals surface area (Å²) < 4.78 is 33.2. The van der Waals surface area contributed by atoms with Crippen LogP contribution in [0.5, 0.6) is 0 Å². The van der Waals surface area contributed by atoms with E-state index in [0.29, 0.717) is 32.8 Å². The van der Waals surface area contributed by atoms with Crippen LogP contribution >= 0.6 is 0 Å². The van der Waals surface area contributed by atoms with Crippen LogP contribution in [0.2, 0.25) is 5.04 Å². The summed E-state index contributed by atoms with van der Waals surface area (Å²) in [7, 11) is -2.67. The maximum absolute atomic E-state index is 11.9. The van der Waals surface area contributed by atoms with Gasteiger partial charge in [-0.1, -0.05) is 185 Å². The first-order valence-electron chi connectivity index (χ1n) is 19.0. The summed E-state index contributed by atoms with van der Waals surface area (Å²) in [4.78, 5) is 0. The van der Waals surface area contributed by atoms with Gasteiger partial charge >= 0.3 is 0 Å². The van der Waals surface area contributed by atoms with Crippen LogP contribution < -0.4 is 10.4 Å². The molecule has 1 aliphatic heterocycles. The summed E-state index contributed by atoms with van der Waals surface area (Å²) in [6, 6.07) is 51.5. The van der Waals surface area contributed by atoms with E-state index in [1.165, 1.54) is 10.4 Å². The minimum Gasteiger partial charge on any atom is -0.407 e. The second kappa shape index (κ2) is 19.4. The van der Waals surface area contributed by atoms with Gasteiger partial charge in [0.05, 0.1) is 26.4 Å². The number of aliphatic hydroxyl groups is 1. The van der Waals surface area contributed by atoms with E-state index in [-0.39, 0.29) is 11.6 Å². The first-order chi connectivity index (χ1) is 26.3. The van der Waals surface area contributed by atoms with Crippen LogP contribution in [-0.4, -0.2) is 57.2 Å². The lowest BCUT2D eigenvalue weighted by Gasteiger charge is -2.44. The second-order valence-corrected chi connectivity index (χ2v) is 19.2. The molecular weight excluding hydrogens is 689 g/mol. The molecule has 7 heteroatoms. The van der Waals surface area contributed by atoms with Crippen molar-refractivity contribution in [1.29, 1.82) is 0 Å². The lowest BCUT2D eigenvalue weighted by molar-refractivity contribution is -0.251. The van der Waals surface area contributed by atoms with Gasteiger partial charge in [0.2, 0.25) is 0 Å². The summed E-state index contributed by atoms with van der Waals surface area (Å²) >= 11 is 0. The van der Waals surface area contributed by atoms with E-state index in [9.17, 15) is 5.11 Å². The van der Waals surface area contributed by atoms with E-state index < -0.39 is 38.8 Å². The fraction of sp³-hybridized carbons (Fsp3) is 0.319. The average Bonchev–Trinajstić information content (AvgIpc) is 3.20. The van der Waals surface area contributed by atoms with Gasteiger partial charge in [-0.05, 0) is 38.5 Å². The predicted octanol–water partition coefficient (Wildman–Crippen LogP) is 8.03. The Kier molecular flexibility index (Phi) is 14.2. The highest BCUT2D eigenvalue weighted by Gasteiger charge is 2.50. The third-order valence-electron chi connectivity index (χ3n) is 10.0. The molecular formula is C47H54O6Si. The van der Waals surface area contributed by atoms with E-state index in [1.54, 1.807) is 0 Å². The van der Waals surface area contributed by atoms with Crippen LogP contribution in [-0.2, 0) is 43.2 Å². The summed E-state index contributed by atoms with van der Waals surface area (Å²) in [6.45, 7) is 8.76. The number of aliphatic hydroxyl groups excluding tert-OH is 1. The maximum atomic E-state index is 11.9. The van der Waals surface area contributed by atoms with Crippen LogP contribution in [0.3, 0.4) is 0 Å². The lowest BCUT2D eigenvalue weighted by Crippen LogP contribution is -2.66. The van der Waals surface area contributed by atoms with Crippen LogP contribution in [0.4, 0.5) is 0 Å². The maximum Gasteiger partial charge on any atom is 0.261 e. The second-order valence-electron chi connectivity index (χ2n) is 14.9. The summed E-state index contributed by atoms with van der Waals surface area (Å²) in [5.41, 5.74) is 3.12. The van der Waals surface area contributed by atoms with Crippen molar-refractivity contribution in [3.05, 3.63) is 181 Å². The molecule has 0 unspecified atom stereocenters. The van der Waals surface area contributed by atoms with Crippen LogP contribution in [0.1, 0.15) is 43.9 Å². The number of hydrogen-bond acceptors (Lipinski definition) is 6. The molecule has 1 fully saturated rings. The number of ether oxygens (including phenoxy) is 4. The molecule has 1 N–H and O–H groups in total. The molecule has 5 aromatic rings. The number of rotatable bonds is 17. The monoisotopic (exact) mass is 742 g/mol. The first-order valence-corrected chi connectivity index (χ1v) is 20.9. The third-order valence-corrected chi connectivity index (χ3v) is 15.0. The minimum atomic E-state index is -2.67. The Morgan fingerprint density at radius 3 is 1.54 bits per heavy atom. The molecule has 0 saturated carbocycles. The van der Waals surface area contributed by atoms with Crippen LogP contribution in [0, 0.1) is 0 Å². The minimum absolute atomic E-state index is 0.118. The van der Waals surface area contributed by atoms with Crippen molar-refractivity contribution in [2.45, 2.75) is 82.6 Å². The van der Waals surface area contributed by atoms with Gasteiger partial charge in [-0.2, -0.15) is 0 Å². The highest BCUT2D eigenvalue weighted by molar-refractivity contribution is 6.99. The summed E-state index contributed by atoms with van der Waals surface area (Å²) in [6.07, 6.45) is 1.30. The largest absolute Gasteiger partial charge is 0.407 e. The van der Waals surface area contributed by atoms with Crippen LogP contribution in [0.25, 0.3) is 0 Å². The zero-order valence-electron chi connectivity index (χ0n) is 31.7. The van der Waals surface area contributed by atoms with E-state index >= 15 is 0 Å². The molecule has 6 nitrogen and oxygen atoms in total. The summed E-state index contributed by atoms with van der Waals surface area (Å²) in [5.74, 6) is 0. The van der Waals surface area contributed by atoms with Gasteiger partial charge in [-0.25, -0.2) is 0 Å². The molecule has 0 aromatic heterocycles. The van der Waals surface area contributed by atoms with Gasteiger partial charge in [-0.3, -0.25) is 0 Å². The van der Waals surface area contributed by atoms with Gasteiger partial charge in [0, 0.05) is 6.61 Å². The van der Waals surface area contributed by atoms with Gasteiger partial charge in [0.1, 0.15) is 30.5 Å². The topological polar surface area (TPSA) is 66.4 Å². The standard InChI is InChI=1S/C47H54O6Si/c1-47(2,3)54(40-27-15-7-16-28-40,41-29-17-8-18-30-41)52-32-20-19-31-42-44(48)46(51-35-39-25-13-6-14-26-39)45(50-34-38-23-11-5-12-24-38)43(53-42)36-49-33-37-21-9-4-10-22-37/h4-19,21-31,42-46,48H,20,32-36H2,1-3H3/b31-19+/t42-,43-,44+,45+,46-/m1/s1. The molecule has 1 heterocycles. The fourth-order valence-corrected chi connectivity index (χ4v) is 11.9. The molecule has 1 aliphatic rings. The molecule has 1 saturated heterocycles. The Labute approximate surface area is 322 Å². The normalized spacial score (nSPS) is 20.6. The zero-order chi connectivity index (χ0) is 37.6. The Hall–Kier alpha value is -4.18. The molecule has 0 bridgehead atoms. The van der Waals surface area contributed by atoms with Crippen molar-refractivity contribution in [3.63, 3.8) is 0 Å². The quantitative estimate of drug-likeness (QED) is 0.0592. The SMILES string of the molecule is CC(C)(C)[Si](OCC/C=C/[C@H]1O[C@H](COCc2ccccc2)[C@H](OCc2ccccc2)[C@H](OCc2ccccc2)[C@H]1O)(c1ccccc1)c1ccccc1. The Balaban J connectivity index is 1.21. The van der Waals surface area contributed by atoms with Crippen molar-refractivity contribution in [2.75, 3.05) is 13.2 Å². The van der Waals surface area contributed by atoms with E-state index in [1.807, 2.05) is 97.1 Å². The molecule has 54 heavy (non-hydrogen) atoms. The van der Waals surface area contributed by atoms with Crippen LogP contribution in [0.15, 0.2) is 164 Å². The van der Waals surface area contributed by atoms with Crippen molar-refractivity contribution in [1.82, 2.24) is 0 Å². The smallest absolute Gasteiger partial charge is 0.261 e. The molecule has 5 aromatic carbocycles. The van der Waals surface area contributed by atoms with Gasteiger partial charge in [0.15, 0.2) is 0 Å². The van der Waals surface area contributed by atoms with Gasteiger partial charge in [0.25, 0.3) is 8.32 Å². The Bertz CT molecular complexity index is 1780. The number of benzene rings is 5. The van der Waals surface area contributed by atoms with Gasteiger partial charge in [-0.15, -0.1) is 0 Å². The Morgan fingerprint density at radius 2 is 1.06 bits per heavy atom. The van der Waals surface area contributed by atoms with Crippen molar-refractivity contribution in [3.8, 4) is 0 Å². The highest BCUT2D eigenvalue weighted by atomic mass is 28.4. The van der Waals surface area contributed by atoms with E-state index in [4.69, 9.17) is 23.4 Å². The van der Waals surface area contributed by atoms with Crippen molar-refractivity contribution < 1.29 is 28.5 Å². The predicted molar refractivity (Wildman–Crippen MR) is 218 cm³/mol. The molecule has 6 rings (SSSR count). The molecule has 0 aliphatic carbocycles. The first kappa shape index (κ1) is 39.5. The lowest BCUT2D eigenvalue weighted by atomic mass is 9.94. The zero-order valence-corrected chi connectivity index (χ0v) is 32.7. The van der Waals surface area contributed by atoms with Crippen molar-refractivity contribution >= 4 is 18.7 Å². The third kappa shape index (κ3) is 10.1. The Morgan fingerprint density at radius 1 is 0.611 bits per heavy atom. The molecule has 282 valence electrons. The van der Waals surface area contributed by atoms with Crippen molar-refractivity contribution in [2.24, 2.45) is 0 Å².